The Morgan fingerprint density at radius 3 is 2.70 bits per heavy atom. The van der Waals surface area contributed by atoms with Gasteiger partial charge in [0.2, 0.25) is 0 Å². The Balaban J connectivity index is 2.01. The van der Waals surface area contributed by atoms with E-state index in [4.69, 9.17) is 0 Å². The highest BCUT2D eigenvalue weighted by Gasteiger charge is 2.24. The van der Waals surface area contributed by atoms with Crippen molar-refractivity contribution in [3.05, 3.63) is 42.7 Å². The van der Waals surface area contributed by atoms with Gasteiger partial charge in [0.05, 0.1) is 6.33 Å². The number of hydrogen-bond donors (Lipinski definition) is 1. The maximum Gasteiger partial charge on any atom is 0.0946 e. The van der Waals surface area contributed by atoms with E-state index in [-0.39, 0.29) is 5.41 Å². The summed E-state index contributed by atoms with van der Waals surface area (Å²) in [5.74, 6) is 0. The molecule has 4 heteroatoms. The van der Waals surface area contributed by atoms with Gasteiger partial charge in [0.15, 0.2) is 0 Å². The van der Waals surface area contributed by atoms with Gasteiger partial charge in [-0.2, -0.15) is 0 Å². The van der Waals surface area contributed by atoms with E-state index in [1.54, 1.807) is 0 Å². The van der Waals surface area contributed by atoms with Crippen molar-refractivity contribution in [1.82, 2.24) is 19.4 Å². The van der Waals surface area contributed by atoms with E-state index in [9.17, 15) is 0 Å². The topological polar surface area (TPSA) is 34.8 Å². The van der Waals surface area contributed by atoms with Crippen molar-refractivity contribution >= 4 is 0 Å². The molecule has 0 saturated carbocycles. The first-order valence-electron chi connectivity index (χ1n) is 7.34. The van der Waals surface area contributed by atoms with Crippen LogP contribution in [0.3, 0.4) is 0 Å². The van der Waals surface area contributed by atoms with Crippen LogP contribution >= 0.6 is 0 Å². The highest BCUT2D eigenvalue weighted by molar-refractivity contribution is 5.07. The first kappa shape index (κ1) is 14.9. The molecule has 0 aliphatic rings. The first-order valence-corrected chi connectivity index (χ1v) is 7.34. The predicted octanol–water partition coefficient (Wildman–Crippen LogP) is 2.91. The fraction of sp³-hybridized carbons (Fsp3) is 0.562. The van der Waals surface area contributed by atoms with E-state index in [1.165, 1.54) is 5.69 Å². The van der Waals surface area contributed by atoms with Gasteiger partial charge in [-0.3, -0.25) is 0 Å². The number of nitrogens with zero attached hydrogens (tertiary/aromatic N) is 3. The molecule has 0 aliphatic carbocycles. The van der Waals surface area contributed by atoms with Crippen molar-refractivity contribution in [3.63, 3.8) is 0 Å². The quantitative estimate of drug-likeness (QED) is 0.879. The Kier molecular flexibility index (Phi) is 4.65. The van der Waals surface area contributed by atoms with Gasteiger partial charge >= 0.3 is 0 Å². The average Bonchev–Trinajstić information content (AvgIpc) is 3.03. The number of hydrogen-bond acceptors (Lipinski definition) is 2. The van der Waals surface area contributed by atoms with Crippen LogP contribution in [0.5, 0.6) is 0 Å². The molecule has 0 aromatic carbocycles. The Morgan fingerprint density at radius 2 is 2.10 bits per heavy atom. The molecule has 0 spiro atoms. The van der Waals surface area contributed by atoms with Gasteiger partial charge in [0.1, 0.15) is 0 Å². The molecule has 2 rings (SSSR count). The van der Waals surface area contributed by atoms with E-state index in [0.717, 1.165) is 19.6 Å². The highest BCUT2D eigenvalue weighted by atomic mass is 15.1. The summed E-state index contributed by atoms with van der Waals surface area (Å²) in [6.45, 7) is 11.9. The molecule has 0 fully saturated rings. The fourth-order valence-electron chi connectivity index (χ4n) is 2.40. The molecule has 4 nitrogen and oxygen atoms in total. The van der Waals surface area contributed by atoms with Crippen LogP contribution in [0.25, 0.3) is 0 Å². The summed E-state index contributed by atoms with van der Waals surface area (Å²) >= 11 is 0. The zero-order chi connectivity index (χ0) is 14.6. The van der Waals surface area contributed by atoms with Crippen LogP contribution < -0.4 is 5.32 Å². The lowest BCUT2D eigenvalue weighted by Crippen LogP contribution is -2.43. The molecule has 2 heterocycles. The summed E-state index contributed by atoms with van der Waals surface area (Å²) in [7, 11) is 0. The number of imidazole rings is 1. The molecular weight excluding hydrogens is 248 g/mol. The van der Waals surface area contributed by atoms with Gasteiger partial charge in [0.25, 0.3) is 0 Å². The van der Waals surface area contributed by atoms with Gasteiger partial charge in [-0.1, -0.05) is 20.8 Å². The maximum atomic E-state index is 4.13. The van der Waals surface area contributed by atoms with Crippen LogP contribution in [0.15, 0.2) is 37.1 Å². The molecule has 0 amide bonds. The number of rotatable bonds is 6. The van der Waals surface area contributed by atoms with Gasteiger partial charge in [-0.05, 0) is 24.5 Å². The van der Waals surface area contributed by atoms with Crippen LogP contribution in [-0.2, 0) is 19.6 Å². The van der Waals surface area contributed by atoms with Crippen LogP contribution in [0.1, 0.15) is 33.4 Å². The highest BCUT2D eigenvalue weighted by Crippen LogP contribution is 2.21. The van der Waals surface area contributed by atoms with Gasteiger partial charge in [0, 0.05) is 50.0 Å². The molecule has 1 atom stereocenters. The third kappa shape index (κ3) is 3.73. The molecule has 0 radical (unpaired) electrons. The minimum Gasteiger partial charge on any atom is -0.351 e. The lowest BCUT2D eigenvalue weighted by Gasteiger charge is -2.32. The minimum atomic E-state index is 0.202. The van der Waals surface area contributed by atoms with Crippen LogP contribution in [0.4, 0.5) is 0 Å². The van der Waals surface area contributed by atoms with E-state index in [2.05, 4.69) is 65.5 Å². The van der Waals surface area contributed by atoms with Gasteiger partial charge < -0.3 is 14.5 Å². The van der Waals surface area contributed by atoms with Gasteiger partial charge in [-0.15, -0.1) is 0 Å². The first-order chi connectivity index (χ1) is 9.50. The molecular formula is C16H26N4. The Hall–Kier alpha value is -1.55. The summed E-state index contributed by atoms with van der Waals surface area (Å²) in [6, 6.07) is 4.70. The third-order valence-electron chi connectivity index (χ3n) is 3.79. The fourth-order valence-corrected chi connectivity index (χ4v) is 2.40. The van der Waals surface area contributed by atoms with Crippen molar-refractivity contribution in [2.75, 3.05) is 0 Å². The van der Waals surface area contributed by atoms with E-state index < -0.39 is 0 Å². The summed E-state index contributed by atoms with van der Waals surface area (Å²) in [6.07, 6.45) is 7.88. The van der Waals surface area contributed by atoms with Crippen LogP contribution in [0, 0.1) is 5.41 Å². The lowest BCUT2D eigenvalue weighted by molar-refractivity contribution is 0.238. The lowest BCUT2D eigenvalue weighted by atomic mass is 9.86. The second kappa shape index (κ2) is 6.27. The monoisotopic (exact) mass is 274 g/mol. The number of aryl methyl sites for hydroxylation is 1. The molecule has 0 aliphatic heterocycles. The molecule has 0 bridgehead atoms. The molecule has 1 unspecified atom stereocenters. The van der Waals surface area contributed by atoms with Crippen molar-refractivity contribution in [2.24, 2.45) is 5.41 Å². The molecule has 2 aromatic heterocycles. The zero-order valence-electron chi connectivity index (χ0n) is 13.0. The summed E-state index contributed by atoms with van der Waals surface area (Å²) in [5.41, 5.74) is 1.54. The van der Waals surface area contributed by atoms with Crippen molar-refractivity contribution < 1.29 is 0 Å². The number of nitrogens with one attached hydrogen (secondary N) is 1. The minimum absolute atomic E-state index is 0.202. The third-order valence-corrected chi connectivity index (χ3v) is 3.79. The van der Waals surface area contributed by atoms with Gasteiger partial charge in [-0.25, -0.2) is 4.98 Å². The largest absolute Gasteiger partial charge is 0.351 e. The van der Waals surface area contributed by atoms with Crippen molar-refractivity contribution in [3.8, 4) is 0 Å². The van der Waals surface area contributed by atoms with E-state index >= 15 is 0 Å². The Morgan fingerprint density at radius 1 is 1.30 bits per heavy atom. The van der Waals surface area contributed by atoms with E-state index in [0.29, 0.717) is 6.04 Å². The second-order valence-corrected chi connectivity index (χ2v) is 6.34. The van der Waals surface area contributed by atoms with Crippen LogP contribution in [-0.4, -0.2) is 20.2 Å². The molecule has 2 aromatic rings. The molecule has 20 heavy (non-hydrogen) atoms. The SMILES string of the molecule is CCn1cccc1CNC(Cn1ccnc1)C(C)(C)C. The second-order valence-electron chi connectivity index (χ2n) is 6.34. The molecule has 110 valence electrons. The summed E-state index contributed by atoms with van der Waals surface area (Å²) < 4.78 is 4.42. The normalized spacial score (nSPS) is 13.6. The molecule has 1 N–H and O–H groups in total. The van der Waals surface area contributed by atoms with E-state index in [1.807, 2.05) is 18.7 Å². The van der Waals surface area contributed by atoms with Crippen molar-refractivity contribution in [2.45, 2.75) is 53.4 Å². The predicted molar refractivity (Wildman–Crippen MR) is 82.4 cm³/mol. The van der Waals surface area contributed by atoms with Crippen LogP contribution in [0.2, 0.25) is 0 Å². The number of aromatic nitrogens is 3. The zero-order valence-corrected chi connectivity index (χ0v) is 13.0. The smallest absolute Gasteiger partial charge is 0.0946 e. The standard InChI is InChI=1S/C16H26N4/c1-5-20-9-6-7-14(20)11-18-15(16(2,3)4)12-19-10-8-17-13-19/h6-10,13,15,18H,5,11-12H2,1-4H3. The summed E-state index contributed by atoms with van der Waals surface area (Å²) in [4.78, 5) is 4.13. The van der Waals surface area contributed by atoms with Crippen molar-refractivity contribution in [1.29, 1.82) is 0 Å². The molecule has 0 saturated heterocycles. The maximum absolute atomic E-state index is 4.13. The summed E-state index contributed by atoms with van der Waals surface area (Å²) in [5, 5.41) is 3.71. The Labute approximate surface area is 121 Å². The average molecular weight is 274 g/mol. The Bertz CT molecular complexity index is 505.